The molecular weight excluding hydrogens is 382 g/mol. The molecule has 0 radical (unpaired) electrons. The van der Waals surface area contributed by atoms with Gasteiger partial charge in [0, 0.05) is 7.11 Å². The topological polar surface area (TPSA) is 42.9 Å². The molecule has 0 fully saturated rings. The Kier molecular flexibility index (Phi) is 6.10. The lowest BCUT2D eigenvalue weighted by Gasteiger charge is -2.20. The lowest BCUT2D eigenvalue weighted by atomic mass is 10.0. The second-order valence-electron chi connectivity index (χ2n) is 8.44. The molecule has 4 aromatic rings. The average Bonchev–Trinajstić information content (AvgIpc) is 3.06. The van der Waals surface area contributed by atoms with E-state index in [9.17, 15) is 5.41 Å². The Morgan fingerprint density at radius 2 is 1.35 bits per heavy atom. The predicted octanol–water partition coefficient (Wildman–Crippen LogP) is 5.58. The minimum absolute atomic E-state index is 0.0385. The number of rotatable bonds is 7. The van der Waals surface area contributed by atoms with Crippen molar-refractivity contribution in [1.29, 1.82) is 5.41 Å². The molecule has 0 bridgehead atoms. The van der Waals surface area contributed by atoms with E-state index in [0.717, 1.165) is 17.5 Å². The number of methoxy groups -OCH3 is 1. The first-order chi connectivity index (χ1) is 15.0. The molecule has 1 heterocycles. The lowest BCUT2D eigenvalue weighted by Crippen LogP contribution is -2.32. The van der Waals surface area contributed by atoms with Crippen molar-refractivity contribution in [2.75, 3.05) is 13.7 Å². The van der Waals surface area contributed by atoms with Crippen LogP contribution in [0.3, 0.4) is 0 Å². The second kappa shape index (κ2) is 8.94. The minimum atomic E-state index is 0.0385. The van der Waals surface area contributed by atoms with E-state index in [-0.39, 0.29) is 12.1 Å². The number of imidazole rings is 1. The van der Waals surface area contributed by atoms with Gasteiger partial charge < -0.3 is 13.9 Å². The van der Waals surface area contributed by atoms with Gasteiger partial charge >= 0.3 is 0 Å². The molecule has 2 unspecified atom stereocenters. The van der Waals surface area contributed by atoms with Gasteiger partial charge in [0.1, 0.15) is 0 Å². The van der Waals surface area contributed by atoms with Crippen LogP contribution in [0.15, 0.2) is 72.8 Å². The van der Waals surface area contributed by atoms with E-state index in [1.54, 1.807) is 7.11 Å². The van der Waals surface area contributed by atoms with Crippen LogP contribution in [-0.4, -0.2) is 22.9 Å². The van der Waals surface area contributed by atoms with Crippen LogP contribution in [0.4, 0.5) is 0 Å². The van der Waals surface area contributed by atoms with Crippen LogP contribution in [0.1, 0.15) is 41.3 Å². The summed E-state index contributed by atoms with van der Waals surface area (Å²) in [5, 5.41) is 9.18. The highest BCUT2D eigenvalue weighted by Crippen LogP contribution is 2.26. The highest BCUT2D eigenvalue weighted by Gasteiger charge is 2.22. The molecule has 1 aromatic heterocycles. The van der Waals surface area contributed by atoms with Crippen molar-refractivity contribution in [3.8, 4) is 0 Å². The largest absolute Gasteiger partial charge is 0.383 e. The molecular formula is C27H31N3O. The Morgan fingerprint density at radius 1 is 0.806 bits per heavy atom. The zero-order chi connectivity index (χ0) is 22.0. The summed E-state index contributed by atoms with van der Waals surface area (Å²) >= 11 is 0. The SMILES string of the molecule is COCC(Cc1ccc(C)cc1)n1c(=N)n(C(C)c2ccc(C)cc2)c2ccccc21. The first kappa shape index (κ1) is 21.1. The number of hydrogen-bond acceptors (Lipinski definition) is 2. The van der Waals surface area contributed by atoms with Crippen molar-refractivity contribution < 1.29 is 4.74 Å². The maximum Gasteiger partial charge on any atom is 0.203 e. The van der Waals surface area contributed by atoms with Crippen molar-refractivity contribution in [3.05, 3.63) is 101 Å². The first-order valence-corrected chi connectivity index (χ1v) is 10.9. The van der Waals surface area contributed by atoms with Gasteiger partial charge in [-0.3, -0.25) is 5.41 Å². The molecule has 3 aromatic carbocycles. The van der Waals surface area contributed by atoms with Gasteiger partial charge in [0.2, 0.25) is 5.62 Å². The number of ether oxygens (including phenoxy) is 1. The molecule has 0 aliphatic carbocycles. The summed E-state index contributed by atoms with van der Waals surface area (Å²) in [6, 6.07) is 25.7. The summed E-state index contributed by atoms with van der Waals surface area (Å²) in [4.78, 5) is 0. The van der Waals surface area contributed by atoms with Gasteiger partial charge in [-0.15, -0.1) is 0 Å². The number of nitrogens with zero attached hydrogens (tertiary/aromatic N) is 2. The Labute approximate surface area is 184 Å². The molecule has 0 aliphatic heterocycles. The van der Waals surface area contributed by atoms with Gasteiger partial charge in [-0.1, -0.05) is 71.8 Å². The van der Waals surface area contributed by atoms with Gasteiger partial charge in [0.25, 0.3) is 0 Å². The second-order valence-corrected chi connectivity index (χ2v) is 8.44. The fraction of sp³-hybridized carbons (Fsp3) is 0.296. The first-order valence-electron chi connectivity index (χ1n) is 10.9. The summed E-state index contributed by atoms with van der Waals surface area (Å²) in [6.45, 7) is 6.93. The molecule has 4 rings (SSSR count). The molecule has 4 heteroatoms. The Morgan fingerprint density at radius 3 is 1.94 bits per heavy atom. The zero-order valence-corrected chi connectivity index (χ0v) is 18.8. The van der Waals surface area contributed by atoms with Crippen molar-refractivity contribution in [3.63, 3.8) is 0 Å². The van der Waals surface area contributed by atoms with E-state index in [1.807, 2.05) is 0 Å². The monoisotopic (exact) mass is 413 g/mol. The van der Waals surface area contributed by atoms with Crippen LogP contribution in [0.25, 0.3) is 11.0 Å². The molecule has 160 valence electrons. The van der Waals surface area contributed by atoms with E-state index >= 15 is 0 Å². The van der Waals surface area contributed by atoms with Gasteiger partial charge in [-0.2, -0.15) is 0 Å². The lowest BCUT2D eigenvalue weighted by molar-refractivity contribution is 0.154. The quantitative estimate of drug-likeness (QED) is 0.422. The molecule has 1 N–H and O–H groups in total. The van der Waals surface area contributed by atoms with Gasteiger partial charge in [0.05, 0.1) is 29.7 Å². The van der Waals surface area contributed by atoms with Crippen molar-refractivity contribution in [2.45, 2.75) is 39.3 Å². The normalized spacial score (nSPS) is 13.4. The average molecular weight is 414 g/mol. The Hall–Kier alpha value is -3.11. The van der Waals surface area contributed by atoms with E-state index in [0.29, 0.717) is 12.2 Å². The molecule has 2 atom stereocenters. The third kappa shape index (κ3) is 4.21. The van der Waals surface area contributed by atoms with Crippen molar-refractivity contribution in [2.24, 2.45) is 0 Å². The predicted molar refractivity (Wildman–Crippen MR) is 127 cm³/mol. The van der Waals surface area contributed by atoms with E-state index in [4.69, 9.17) is 4.74 Å². The molecule has 4 nitrogen and oxygen atoms in total. The number of aromatic nitrogens is 2. The summed E-state index contributed by atoms with van der Waals surface area (Å²) in [5.41, 5.74) is 7.60. The molecule has 0 spiro atoms. The molecule has 0 saturated carbocycles. The number of fused-ring (bicyclic) bond motifs is 1. The van der Waals surface area contributed by atoms with Crippen LogP contribution < -0.4 is 5.62 Å². The van der Waals surface area contributed by atoms with Gasteiger partial charge in [-0.05, 0) is 50.5 Å². The van der Waals surface area contributed by atoms with Crippen LogP contribution in [-0.2, 0) is 11.2 Å². The minimum Gasteiger partial charge on any atom is -0.383 e. The summed E-state index contributed by atoms with van der Waals surface area (Å²) in [5.74, 6) is 0. The van der Waals surface area contributed by atoms with Crippen LogP contribution >= 0.6 is 0 Å². The fourth-order valence-corrected chi connectivity index (χ4v) is 4.38. The number of benzene rings is 3. The van der Waals surface area contributed by atoms with Crippen LogP contribution in [0.2, 0.25) is 0 Å². The van der Waals surface area contributed by atoms with Crippen LogP contribution in [0, 0.1) is 19.3 Å². The highest BCUT2D eigenvalue weighted by molar-refractivity contribution is 5.76. The highest BCUT2D eigenvalue weighted by atomic mass is 16.5. The van der Waals surface area contributed by atoms with E-state index in [2.05, 4.69) is 103 Å². The third-order valence-corrected chi connectivity index (χ3v) is 6.12. The number of hydrogen-bond donors (Lipinski definition) is 1. The van der Waals surface area contributed by atoms with E-state index in [1.165, 1.54) is 22.3 Å². The summed E-state index contributed by atoms with van der Waals surface area (Å²) < 4.78 is 9.89. The summed E-state index contributed by atoms with van der Waals surface area (Å²) in [6.07, 6.45) is 0.817. The van der Waals surface area contributed by atoms with Crippen LogP contribution in [0.5, 0.6) is 0 Å². The maximum absolute atomic E-state index is 9.18. The Balaban J connectivity index is 1.83. The number of para-hydroxylation sites is 2. The molecule has 0 aliphatic rings. The molecule has 0 amide bonds. The van der Waals surface area contributed by atoms with E-state index < -0.39 is 0 Å². The third-order valence-electron chi connectivity index (χ3n) is 6.12. The van der Waals surface area contributed by atoms with Crippen molar-refractivity contribution in [1.82, 2.24) is 9.13 Å². The summed E-state index contributed by atoms with van der Waals surface area (Å²) in [7, 11) is 1.74. The smallest absolute Gasteiger partial charge is 0.203 e. The molecule has 31 heavy (non-hydrogen) atoms. The number of nitrogens with one attached hydrogen (secondary N) is 1. The standard InChI is InChI=1S/C27H31N3O/c1-19-9-13-22(14-10-19)17-24(18-31-4)30-26-8-6-5-7-25(26)29(27(30)28)21(3)23-15-11-20(2)12-16-23/h5-16,21,24,28H,17-18H2,1-4H3. The Bertz CT molecular complexity index is 1220. The molecule has 0 saturated heterocycles. The number of aryl methyl sites for hydroxylation is 2. The zero-order valence-electron chi connectivity index (χ0n) is 18.8. The maximum atomic E-state index is 9.18. The van der Waals surface area contributed by atoms with Gasteiger partial charge in [0.15, 0.2) is 0 Å². The van der Waals surface area contributed by atoms with Crippen molar-refractivity contribution >= 4 is 11.0 Å². The van der Waals surface area contributed by atoms with Gasteiger partial charge in [-0.25, -0.2) is 0 Å². The fourth-order valence-electron chi connectivity index (χ4n) is 4.38.